The van der Waals surface area contributed by atoms with Gasteiger partial charge in [-0.05, 0) is 42.7 Å². The maximum Gasteiger partial charge on any atom is 0.273 e. The second-order valence-electron chi connectivity index (χ2n) is 8.33. The van der Waals surface area contributed by atoms with Crippen molar-refractivity contribution in [1.82, 2.24) is 15.1 Å². The number of carbonyl (C=O) groups is 1. The first-order chi connectivity index (χ1) is 16.6. The van der Waals surface area contributed by atoms with Crippen LogP contribution in [0.25, 0.3) is 11.3 Å². The van der Waals surface area contributed by atoms with Crippen LogP contribution in [0.15, 0.2) is 36.4 Å². The molecule has 1 amide bonds. The van der Waals surface area contributed by atoms with Crippen molar-refractivity contribution < 1.29 is 28.8 Å². The summed E-state index contributed by atoms with van der Waals surface area (Å²) in [5, 5.41) is 17.9. The van der Waals surface area contributed by atoms with Crippen LogP contribution in [-0.4, -0.2) is 66.7 Å². The van der Waals surface area contributed by atoms with Gasteiger partial charge in [-0.1, -0.05) is 12.1 Å². The minimum absolute atomic E-state index is 0.0426. The third kappa shape index (κ3) is 3.52. The van der Waals surface area contributed by atoms with E-state index in [4.69, 9.17) is 18.9 Å². The molecule has 3 heterocycles. The molecule has 2 aliphatic rings. The average Bonchev–Trinajstić information content (AvgIpc) is 3.58. The summed E-state index contributed by atoms with van der Waals surface area (Å²) in [7, 11) is 4.66. The monoisotopic (exact) mass is 465 g/mol. The van der Waals surface area contributed by atoms with E-state index in [9.17, 15) is 9.90 Å². The Morgan fingerprint density at radius 1 is 1.15 bits per heavy atom. The predicted octanol–water partition coefficient (Wildman–Crippen LogP) is 3.53. The number of phenolic OH excluding ortho intramolecular Hbond substituents is 1. The van der Waals surface area contributed by atoms with E-state index < -0.39 is 6.04 Å². The van der Waals surface area contributed by atoms with Gasteiger partial charge in [-0.2, -0.15) is 5.10 Å². The van der Waals surface area contributed by atoms with E-state index >= 15 is 0 Å². The number of ether oxygens (including phenoxy) is 4. The van der Waals surface area contributed by atoms with E-state index in [2.05, 4.69) is 10.2 Å². The van der Waals surface area contributed by atoms with Crippen LogP contribution in [0.2, 0.25) is 0 Å². The topological polar surface area (TPSA) is 106 Å². The molecule has 2 N–H and O–H groups in total. The number of nitrogens with zero attached hydrogens (tertiary/aromatic N) is 2. The molecule has 34 heavy (non-hydrogen) atoms. The van der Waals surface area contributed by atoms with Gasteiger partial charge in [-0.3, -0.25) is 9.89 Å². The second-order valence-corrected chi connectivity index (χ2v) is 8.33. The number of H-pyrrole nitrogens is 1. The quantitative estimate of drug-likeness (QED) is 0.550. The van der Waals surface area contributed by atoms with E-state index in [0.717, 1.165) is 18.4 Å². The average molecular weight is 466 g/mol. The van der Waals surface area contributed by atoms with Gasteiger partial charge < -0.3 is 29.0 Å². The molecule has 0 radical (unpaired) electrons. The lowest BCUT2D eigenvalue weighted by Crippen LogP contribution is -2.36. The highest BCUT2D eigenvalue weighted by Gasteiger charge is 2.44. The summed E-state index contributed by atoms with van der Waals surface area (Å²) in [5.41, 5.74) is 2.94. The van der Waals surface area contributed by atoms with Gasteiger partial charge in [0.05, 0.1) is 33.5 Å². The van der Waals surface area contributed by atoms with Crippen LogP contribution in [0.4, 0.5) is 0 Å². The van der Waals surface area contributed by atoms with Crippen molar-refractivity contribution >= 4 is 5.91 Å². The highest BCUT2D eigenvalue weighted by molar-refractivity contribution is 6.00. The zero-order valence-corrected chi connectivity index (χ0v) is 19.3. The summed E-state index contributed by atoms with van der Waals surface area (Å²) in [6.45, 7) is 1.13. The van der Waals surface area contributed by atoms with Crippen LogP contribution >= 0.6 is 0 Å². The summed E-state index contributed by atoms with van der Waals surface area (Å²) in [5.74, 6) is 1.37. The number of methoxy groups -OCH3 is 3. The van der Waals surface area contributed by atoms with E-state index in [-0.39, 0.29) is 17.8 Å². The Labute approximate surface area is 197 Å². The molecular weight excluding hydrogens is 438 g/mol. The molecule has 3 aromatic rings. The molecule has 0 bridgehead atoms. The van der Waals surface area contributed by atoms with Gasteiger partial charge >= 0.3 is 0 Å². The number of carbonyl (C=O) groups excluding carboxylic acids is 1. The summed E-state index contributed by atoms with van der Waals surface area (Å²) in [6, 6.07) is 10.2. The molecule has 9 nitrogen and oxygen atoms in total. The number of benzene rings is 2. The van der Waals surface area contributed by atoms with Crippen molar-refractivity contribution in [2.24, 2.45) is 0 Å². The molecule has 0 spiro atoms. The van der Waals surface area contributed by atoms with Crippen LogP contribution in [0.3, 0.4) is 0 Å². The van der Waals surface area contributed by atoms with Crippen LogP contribution in [-0.2, 0) is 4.74 Å². The number of para-hydroxylation sites is 1. The minimum Gasteiger partial charge on any atom is -0.507 e. The third-order valence-electron chi connectivity index (χ3n) is 6.45. The fraction of sp³-hybridized carbons (Fsp3) is 0.360. The standard InChI is InChI=1S/C25H27N3O6/c1-31-18-11-14(12-19(32-2)24(18)33-3)23-20-21(16-8-4-5-9-17(16)29)26-27-22(20)25(30)28(23)13-15-7-6-10-34-15/h4-5,8-9,11-12,15,23,29H,6-7,10,13H2,1-3H3,(H,26,27)/t15-,23-/m0/s1. The SMILES string of the molecule is COc1cc([C@H]2c3c(-c4ccccc4O)n[nH]c3C(=O)N2C[C@@H]2CCCO2)cc(OC)c1OC. The van der Waals surface area contributed by atoms with Crippen LogP contribution < -0.4 is 14.2 Å². The largest absolute Gasteiger partial charge is 0.507 e. The molecule has 0 unspecified atom stereocenters. The van der Waals surface area contributed by atoms with Gasteiger partial charge in [0, 0.05) is 24.3 Å². The van der Waals surface area contributed by atoms with Crippen molar-refractivity contribution in [2.75, 3.05) is 34.5 Å². The Morgan fingerprint density at radius 2 is 1.88 bits per heavy atom. The van der Waals surface area contributed by atoms with Crippen molar-refractivity contribution in [3.8, 4) is 34.3 Å². The normalized spacial score (nSPS) is 19.4. The van der Waals surface area contributed by atoms with E-state index in [0.29, 0.717) is 52.9 Å². The van der Waals surface area contributed by atoms with Gasteiger partial charge in [-0.25, -0.2) is 0 Å². The lowest BCUT2D eigenvalue weighted by molar-refractivity contribution is 0.0495. The van der Waals surface area contributed by atoms with Crippen molar-refractivity contribution in [3.05, 3.63) is 53.2 Å². The molecule has 0 saturated carbocycles. The van der Waals surface area contributed by atoms with Crippen molar-refractivity contribution in [2.45, 2.75) is 25.0 Å². The molecular formula is C25H27N3O6. The van der Waals surface area contributed by atoms with E-state index in [1.807, 2.05) is 18.2 Å². The first-order valence-corrected chi connectivity index (χ1v) is 11.2. The number of phenols is 1. The number of aromatic nitrogens is 2. The number of hydrogen-bond donors (Lipinski definition) is 2. The Balaban J connectivity index is 1.69. The second kappa shape index (κ2) is 8.90. The number of hydrogen-bond acceptors (Lipinski definition) is 7. The molecule has 2 aliphatic heterocycles. The highest BCUT2D eigenvalue weighted by Crippen LogP contribution is 2.48. The number of rotatable bonds is 7. The van der Waals surface area contributed by atoms with Gasteiger partial charge in [-0.15, -0.1) is 0 Å². The highest BCUT2D eigenvalue weighted by atomic mass is 16.5. The molecule has 1 aromatic heterocycles. The summed E-state index contributed by atoms with van der Waals surface area (Å²) >= 11 is 0. The third-order valence-corrected chi connectivity index (χ3v) is 6.45. The van der Waals surface area contributed by atoms with Crippen molar-refractivity contribution in [1.29, 1.82) is 0 Å². The fourth-order valence-electron chi connectivity index (χ4n) is 4.88. The minimum atomic E-state index is -0.492. The predicted molar refractivity (Wildman–Crippen MR) is 124 cm³/mol. The lowest BCUT2D eigenvalue weighted by Gasteiger charge is -2.29. The molecule has 1 saturated heterocycles. The number of fused-ring (bicyclic) bond motifs is 1. The summed E-state index contributed by atoms with van der Waals surface area (Å²) in [6.07, 6.45) is 1.82. The number of aromatic amines is 1. The lowest BCUT2D eigenvalue weighted by atomic mass is 9.95. The zero-order chi connectivity index (χ0) is 23.8. The fourth-order valence-corrected chi connectivity index (χ4v) is 4.88. The van der Waals surface area contributed by atoms with Gasteiger partial charge in [0.25, 0.3) is 5.91 Å². The van der Waals surface area contributed by atoms with Crippen LogP contribution in [0, 0.1) is 0 Å². The van der Waals surface area contributed by atoms with Crippen LogP contribution in [0.5, 0.6) is 23.0 Å². The van der Waals surface area contributed by atoms with E-state index in [1.165, 1.54) is 0 Å². The van der Waals surface area contributed by atoms with Gasteiger partial charge in [0.2, 0.25) is 5.75 Å². The molecule has 2 aromatic carbocycles. The number of amides is 1. The maximum absolute atomic E-state index is 13.6. The Kier molecular flexibility index (Phi) is 5.79. The maximum atomic E-state index is 13.6. The van der Waals surface area contributed by atoms with Crippen LogP contribution in [0.1, 0.15) is 40.5 Å². The smallest absolute Gasteiger partial charge is 0.273 e. The summed E-state index contributed by atoms with van der Waals surface area (Å²) in [4.78, 5) is 15.4. The first kappa shape index (κ1) is 22.1. The Bertz CT molecular complexity index is 1190. The molecule has 178 valence electrons. The Hall–Kier alpha value is -3.72. The molecule has 9 heteroatoms. The number of aromatic hydroxyl groups is 1. The first-order valence-electron chi connectivity index (χ1n) is 11.2. The summed E-state index contributed by atoms with van der Waals surface area (Å²) < 4.78 is 22.5. The number of nitrogens with one attached hydrogen (secondary N) is 1. The molecule has 0 aliphatic carbocycles. The zero-order valence-electron chi connectivity index (χ0n) is 19.3. The molecule has 1 fully saturated rings. The molecule has 5 rings (SSSR count). The Morgan fingerprint density at radius 3 is 2.50 bits per heavy atom. The van der Waals surface area contributed by atoms with Gasteiger partial charge in [0.15, 0.2) is 11.5 Å². The molecule has 2 atom stereocenters. The van der Waals surface area contributed by atoms with Gasteiger partial charge in [0.1, 0.15) is 17.1 Å². The van der Waals surface area contributed by atoms with Crippen molar-refractivity contribution in [3.63, 3.8) is 0 Å². The van der Waals surface area contributed by atoms with E-state index in [1.54, 1.807) is 44.4 Å².